The zero-order chi connectivity index (χ0) is 30.1. The molecule has 1 aromatic carbocycles. The zero-order valence-electron chi connectivity index (χ0n) is 23.4. The van der Waals surface area contributed by atoms with Crippen molar-refractivity contribution in [3.8, 4) is 0 Å². The number of hydrogen-bond donors (Lipinski definition) is 4. The van der Waals surface area contributed by atoms with Gasteiger partial charge in [-0.15, -0.1) is 11.3 Å². The van der Waals surface area contributed by atoms with Crippen molar-refractivity contribution in [2.75, 3.05) is 13.1 Å². The van der Waals surface area contributed by atoms with Crippen LogP contribution in [0.1, 0.15) is 48.5 Å². The minimum atomic E-state index is -1.01. The largest absolute Gasteiger partial charge is 0.445 e. The van der Waals surface area contributed by atoms with Crippen LogP contribution in [0.4, 0.5) is 4.79 Å². The SMILES string of the molecule is CC(C)C[C@H](NC(=O)CNC(=O)OCc1cccnc1)C(=O)N[C@@H](C[C@@H]1CCNC1=O)C(=O)c1nc2ccccc2s1. The standard InChI is InChI=1S/C29H34N6O6S/c1-17(2)12-22(33-24(36)15-32-29(40)41-16-18-6-5-10-30-14-18)27(39)34-21(13-19-9-11-31-26(19)38)25(37)28-35-20-7-3-4-8-23(20)42-28/h3-8,10,14,17,19,21-22H,9,11-13,15-16H2,1-2H3,(H,31,38)(H,32,40)(H,33,36)(H,34,39)/t19-,21-,22-/m0/s1. The molecule has 0 saturated carbocycles. The van der Waals surface area contributed by atoms with Crippen LogP contribution >= 0.6 is 11.3 Å². The maximum absolute atomic E-state index is 13.6. The highest BCUT2D eigenvalue weighted by Gasteiger charge is 2.34. The predicted molar refractivity (Wildman–Crippen MR) is 155 cm³/mol. The number of thiazole rings is 1. The van der Waals surface area contributed by atoms with E-state index in [0.717, 1.165) is 4.70 Å². The van der Waals surface area contributed by atoms with Gasteiger partial charge in [0.25, 0.3) is 0 Å². The summed E-state index contributed by atoms with van der Waals surface area (Å²) < 4.78 is 5.92. The van der Waals surface area contributed by atoms with Crippen molar-refractivity contribution in [1.29, 1.82) is 0 Å². The quantitative estimate of drug-likeness (QED) is 0.219. The minimum Gasteiger partial charge on any atom is -0.445 e. The fourth-order valence-electron chi connectivity index (χ4n) is 4.57. The Balaban J connectivity index is 1.40. The van der Waals surface area contributed by atoms with Crippen molar-refractivity contribution in [3.05, 3.63) is 59.4 Å². The smallest absolute Gasteiger partial charge is 0.407 e. The van der Waals surface area contributed by atoms with E-state index in [-0.39, 0.29) is 36.3 Å². The lowest BCUT2D eigenvalue weighted by molar-refractivity contribution is -0.129. The third kappa shape index (κ3) is 8.56. The van der Waals surface area contributed by atoms with Crippen LogP contribution in [-0.2, 0) is 25.7 Å². The highest BCUT2D eigenvalue weighted by atomic mass is 32.1. The van der Waals surface area contributed by atoms with Crippen LogP contribution in [-0.4, -0.2) is 64.7 Å². The van der Waals surface area contributed by atoms with Gasteiger partial charge in [0.2, 0.25) is 23.5 Å². The Morgan fingerprint density at radius 3 is 2.60 bits per heavy atom. The molecule has 13 heteroatoms. The number of aromatic nitrogens is 2. The predicted octanol–water partition coefficient (Wildman–Crippen LogP) is 2.34. The number of alkyl carbamates (subject to hydrolysis) is 1. The number of fused-ring (bicyclic) bond motifs is 1. The van der Waals surface area contributed by atoms with Crippen LogP contribution in [0.3, 0.4) is 0 Å². The first kappa shape index (κ1) is 30.6. The third-order valence-corrected chi connectivity index (χ3v) is 7.72. The lowest BCUT2D eigenvalue weighted by atomic mass is 9.95. The summed E-state index contributed by atoms with van der Waals surface area (Å²) in [5.41, 5.74) is 1.36. The van der Waals surface area contributed by atoms with Crippen molar-refractivity contribution in [2.24, 2.45) is 11.8 Å². The number of ether oxygens (including phenoxy) is 1. The molecule has 3 atom stereocenters. The molecule has 3 aromatic rings. The molecule has 222 valence electrons. The van der Waals surface area contributed by atoms with Gasteiger partial charge in [0.15, 0.2) is 5.01 Å². The number of benzene rings is 1. The number of para-hydroxylation sites is 1. The molecule has 1 fully saturated rings. The average Bonchev–Trinajstić information content (AvgIpc) is 3.60. The van der Waals surface area contributed by atoms with Gasteiger partial charge in [0.05, 0.1) is 16.3 Å². The second-order valence-corrected chi connectivity index (χ2v) is 11.5. The van der Waals surface area contributed by atoms with Crippen molar-refractivity contribution in [2.45, 2.75) is 51.8 Å². The van der Waals surface area contributed by atoms with Gasteiger partial charge in [0, 0.05) is 30.4 Å². The summed E-state index contributed by atoms with van der Waals surface area (Å²) in [4.78, 5) is 72.5. The van der Waals surface area contributed by atoms with E-state index in [1.165, 1.54) is 11.3 Å². The van der Waals surface area contributed by atoms with E-state index < -0.39 is 48.2 Å². The number of carbonyl (C=O) groups excluding carboxylic acids is 5. The van der Waals surface area contributed by atoms with Gasteiger partial charge in [-0.2, -0.15) is 0 Å². The van der Waals surface area contributed by atoms with Gasteiger partial charge in [-0.3, -0.25) is 24.2 Å². The number of rotatable bonds is 13. The molecule has 12 nitrogen and oxygen atoms in total. The number of pyridine rings is 1. The second-order valence-electron chi connectivity index (χ2n) is 10.5. The van der Waals surface area contributed by atoms with Gasteiger partial charge < -0.3 is 26.0 Å². The van der Waals surface area contributed by atoms with Gasteiger partial charge in [-0.25, -0.2) is 9.78 Å². The van der Waals surface area contributed by atoms with E-state index in [0.29, 0.717) is 24.0 Å². The summed E-state index contributed by atoms with van der Waals surface area (Å²) >= 11 is 1.22. The Labute approximate surface area is 247 Å². The molecule has 42 heavy (non-hydrogen) atoms. The van der Waals surface area contributed by atoms with Crippen LogP contribution in [0.15, 0.2) is 48.8 Å². The van der Waals surface area contributed by atoms with Crippen molar-refractivity contribution < 1.29 is 28.7 Å². The Bertz CT molecular complexity index is 1400. The van der Waals surface area contributed by atoms with Crippen LogP contribution in [0.2, 0.25) is 0 Å². The Hall–Kier alpha value is -4.39. The molecule has 4 N–H and O–H groups in total. The van der Waals surface area contributed by atoms with Gasteiger partial charge >= 0.3 is 6.09 Å². The zero-order valence-corrected chi connectivity index (χ0v) is 24.2. The lowest BCUT2D eigenvalue weighted by Crippen LogP contribution is -2.54. The van der Waals surface area contributed by atoms with Crippen LogP contribution in [0.25, 0.3) is 10.2 Å². The summed E-state index contributed by atoms with van der Waals surface area (Å²) in [6.45, 7) is 3.87. The van der Waals surface area contributed by atoms with Gasteiger partial charge in [-0.05, 0) is 43.4 Å². The maximum Gasteiger partial charge on any atom is 0.407 e. The molecule has 0 bridgehead atoms. The molecular weight excluding hydrogens is 560 g/mol. The summed E-state index contributed by atoms with van der Waals surface area (Å²) in [5, 5.41) is 10.8. The van der Waals surface area contributed by atoms with Crippen molar-refractivity contribution in [3.63, 3.8) is 0 Å². The topological polar surface area (TPSA) is 168 Å². The summed E-state index contributed by atoms with van der Waals surface area (Å²) in [6, 6.07) is 8.81. The van der Waals surface area contributed by atoms with Crippen LogP contribution < -0.4 is 21.3 Å². The lowest BCUT2D eigenvalue weighted by Gasteiger charge is -2.24. The van der Waals surface area contributed by atoms with Crippen molar-refractivity contribution in [1.82, 2.24) is 31.2 Å². The molecule has 4 amide bonds. The number of amides is 4. The Morgan fingerprint density at radius 1 is 1.10 bits per heavy atom. The van der Waals surface area contributed by atoms with E-state index in [1.54, 1.807) is 30.6 Å². The van der Waals surface area contributed by atoms with Crippen LogP contribution in [0.5, 0.6) is 0 Å². The van der Waals surface area contributed by atoms with Gasteiger partial charge in [0.1, 0.15) is 19.2 Å². The molecule has 1 aliphatic rings. The molecule has 4 rings (SSSR count). The normalized spacial score (nSPS) is 16.0. The first-order valence-electron chi connectivity index (χ1n) is 13.8. The third-order valence-electron chi connectivity index (χ3n) is 6.67. The van der Waals surface area contributed by atoms with E-state index >= 15 is 0 Å². The molecule has 1 saturated heterocycles. The first-order valence-corrected chi connectivity index (χ1v) is 14.6. The second kappa shape index (κ2) is 14.5. The number of carbonyl (C=O) groups is 5. The van der Waals surface area contributed by atoms with Gasteiger partial charge in [-0.1, -0.05) is 32.0 Å². The van der Waals surface area contributed by atoms with E-state index in [1.807, 2.05) is 32.0 Å². The average molecular weight is 595 g/mol. The molecule has 0 spiro atoms. The molecule has 0 unspecified atom stereocenters. The molecule has 3 heterocycles. The molecule has 2 aromatic heterocycles. The fourth-order valence-corrected chi connectivity index (χ4v) is 5.53. The highest BCUT2D eigenvalue weighted by molar-refractivity contribution is 7.20. The molecular formula is C29H34N6O6S. The number of Topliss-reactive ketones (excluding diaryl/α,β-unsaturated/α-hetero) is 1. The summed E-state index contributed by atoms with van der Waals surface area (Å²) in [7, 11) is 0. The van der Waals surface area contributed by atoms with Crippen LogP contribution in [0, 0.1) is 11.8 Å². The minimum absolute atomic E-state index is 0.0111. The molecule has 0 radical (unpaired) electrons. The van der Waals surface area contributed by atoms with E-state index in [9.17, 15) is 24.0 Å². The Kier molecular flexibility index (Phi) is 10.5. The van der Waals surface area contributed by atoms with Crippen molar-refractivity contribution >= 4 is 51.2 Å². The number of nitrogens with one attached hydrogen (secondary N) is 4. The van der Waals surface area contributed by atoms with E-state index in [2.05, 4.69) is 31.2 Å². The number of nitrogens with zero attached hydrogens (tertiary/aromatic N) is 2. The first-order chi connectivity index (χ1) is 20.2. The monoisotopic (exact) mass is 594 g/mol. The summed E-state index contributed by atoms with van der Waals surface area (Å²) in [5.74, 6) is -2.13. The molecule has 0 aliphatic carbocycles. The number of ketones is 1. The molecule has 1 aliphatic heterocycles. The number of hydrogen-bond acceptors (Lipinski definition) is 9. The fraction of sp³-hybridized carbons (Fsp3) is 0.414. The van der Waals surface area contributed by atoms with E-state index in [4.69, 9.17) is 4.74 Å². The maximum atomic E-state index is 13.6. The Morgan fingerprint density at radius 2 is 1.90 bits per heavy atom. The highest BCUT2D eigenvalue weighted by Crippen LogP contribution is 2.25. The summed E-state index contributed by atoms with van der Waals surface area (Å²) in [6.07, 6.45) is 3.31.